The smallest absolute Gasteiger partial charge is 0.257 e. The summed E-state index contributed by atoms with van der Waals surface area (Å²) in [4.78, 5) is 24.7. The van der Waals surface area contributed by atoms with Gasteiger partial charge in [0.2, 0.25) is 0 Å². The molecule has 0 bridgehead atoms. The first kappa shape index (κ1) is 22.8. The van der Waals surface area contributed by atoms with Gasteiger partial charge in [0.1, 0.15) is 5.75 Å². The second-order valence-electron chi connectivity index (χ2n) is 6.16. The second-order valence-corrected chi connectivity index (χ2v) is 7.42. The van der Waals surface area contributed by atoms with Crippen molar-refractivity contribution in [3.63, 3.8) is 0 Å². The monoisotopic (exact) mass is 477 g/mol. The van der Waals surface area contributed by atoms with E-state index in [1.165, 1.54) is 0 Å². The summed E-state index contributed by atoms with van der Waals surface area (Å²) in [5.74, 6) is 0.109. The van der Waals surface area contributed by atoms with E-state index < -0.39 is 0 Å². The number of unbranched alkanes of at least 4 members (excludes halogenated alkanes) is 1. The molecule has 2 rings (SSSR count). The number of halogens is 1. The number of hydrogen-bond acceptors (Lipinski definition) is 4. The van der Waals surface area contributed by atoms with Crippen molar-refractivity contribution in [2.45, 2.75) is 26.7 Å². The fourth-order valence-electron chi connectivity index (χ4n) is 2.46. The first-order chi connectivity index (χ1) is 14.0. The summed E-state index contributed by atoms with van der Waals surface area (Å²) in [6, 6.07) is 12.1. The van der Waals surface area contributed by atoms with Crippen LogP contribution in [0.3, 0.4) is 0 Å². The van der Waals surface area contributed by atoms with Crippen LogP contribution in [0.5, 0.6) is 5.75 Å². The molecule has 0 spiro atoms. The molecule has 2 aromatic carbocycles. The van der Waals surface area contributed by atoms with Gasteiger partial charge in [0.05, 0.1) is 22.3 Å². The molecule has 0 unspecified atom stereocenters. The van der Waals surface area contributed by atoms with Gasteiger partial charge in [0.25, 0.3) is 11.8 Å². The van der Waals surface area contributed by atoms with Crippen molar-refractivity contribution in [2.75, 3.05) is 18.5 Å². The molecular weight excluding hydrogens is 454 g/mol. The summed E-state index contributed by atoms with van der Waals surface area (Å²) < 4.78 is 6.37. The third-order valence-corrected chi connectivity index (χ3v) is 4.76. The first-order valence-electron chi connectivity index (χ1n) is 9.38. The van der Waals surface area contributed by atoms with E-state index in [1.807, 2.05) is 6.92 Å². The highest BCUT2D eigenvalue weighted by molar-refractivity contribution is 9.10. The largest absolute Gasteiger partial charge is 0.492 e. The Morgan fingerprint density at radius 2 is 1.86 bits per heavy atom. The number of hydrogen-bond donors (Lipinski definition) is 3. The lowest BCUT2D eigenvalue weighted by atomic mass is 10.1. The van der Waals surface area contributed by atoms with Crippen LogP contribution in [0, 0.1) is 0 Å². The summed E-state index contributed by atoms with van der Waals surface area (Å²) in [5.41, 5.74) is 1.40. The van der Waals surface area contributed by atoms with Gasteiger partial charge in [-0.25, -0.2) is 0 Å². The first-order valence-corrected chi connectivity index (χ1v) is 10.6. The molecule has 29 heavy (non-hydrogen) atoms. The summed E-state index contributed by atoms with van der Waals surface area (Å²) >= 11 is 8.67. The van der Waals surface area contributed by atoms with Crippen LogP contribution < -0.4 is 20.7 Å². The van der Waals surface area contributed by atoms with Crippen molar-refractivity contribution >= 4 is 50.8 Å². The van der Waals surface area contributed by atoms with Gasteiger partial charge in [-0.1, -0.05) is 25.5 Å². The third kappa shape index (κ3) is 6.83. The summed E-state index contributed by atoms with van der Waals surface area (Å²) in [6.07, 6.45) is 2.01. The standard InChI is InChI=1S/C21H24BrN3O3S/c1-3-5-12-28-18-11-10-14(13-16(18)22)19(26)25-21(29)24-17-9-7-6-8-15(17)20(27)23-4-2/h6-11,13H,3-5,12H2,1-2H3,(H,23,27)(H2,24,25,26,29). The van der Waals surface area contributed by atoms with E-state index in [4.69, 9.17) is 17.0 Å². The number of thiocarbonyl (C=S) groups is 1. The van der Waals surface area contributed by atoms with E-state index in [-0.39, 0.29) is 16.9 Å². The molecule has 3 N–H and O–H groups in total. The van der Waals surface area contributed by atoms with Gasteiger partial charge in [-0.3, -0.25) is 14.9 Å². The molecule has 154 valence electrons. The van der Waals surface area contributed by atoms with E-state index in [0.717, 1.165) is 12.8 Å². The van der Waals surface area contributed by atoms with Crippen molar-refractivity contribution in [2.24, 2.45) is 0 Å². The molecular formula is C21H24BrN3O3S. The lowest BCUT2D eigenvalue weighted by molar-refractivity contribution is 0.0954. The topological polar surface area (TPSA) is 79.5 Å². The molecule has 2 amide bonds. The number of para-hydroxylation sites is 1. The van der Waals surface area contributed by atoms with Crippen LogP contribution in [-0.4, -0.2) is 30.1 Å². The van der Waals surface area contributed by atoms with Crippen LogP contribution in [0.4, 0.5) is 5.69 Å². The average molecular weight is 478 g/mol. The quantitative estimate of drug-likeness (QED) is 0.385. The SMILES string of the molecule is CCCCOc1ccc(C(=O)NC(=S)Nc2ccccc2C(=O)NCC)cc1Br. The molecule has 2 aromatic rings. The number of ether oxygens (including phenoxy) is 1. The molecule has 8 heteroatoms. The lowest BCUT2D eigenvalue weighted by Gasteiger charge is -2.14. The summed E-state index contributed by atoms with van der Waals surface area (Å²) in [5, 5.41) is 8.39. The van der Waals surface area contributed by atoms with E-state index in [1.54, 1.807) is 42.5 Å². The number of rotatable bonds is 8. The summed E-state index contributed by atoms with van der Waals surface area (Å²) in [6.45, 7) is 5.08. The lowest BCUT2D eigenvalue weighted by Crippen LogP contribution is -2.35. The zero-order chi connectivity index (χ0) is 21.2. The predicted molar refractivity (Wildman–Crippen MR) is 123 cm³/mol. The molecule has 0 heterocycles. The molecule has 0 saturated carbocycles. The number of nitrogens with one attached hydrogen (secondary N) is 3. The maximum Gasteiger partial charge on any atom is 0.257 e. The van der Waals surface area contributed by atoms with Crippen LogP contribution >= 0.6 is 28.1 Å². The minimum Gasteiger partial charge on any atom is -0.492 e. The maximum absolute atomic E-state index is 12.5. The Kier molecular flexibility index (Phi) is 9.08. The molecule has 0 fully saturated rings. The minimum absolute atomic E-state index is 0.103. The maximum atomic E-state index is 12.5. The highest BCUT2D eigenvalue weighted by Crippen LogP contribution is 2.26. The van der Waals surface area contributed by atoms with Gasteiger partial charge >= 0.3 is 0 Å². The average Bonchev–Trinajstić information content (AvgIpc) is 2.69. The molecule has 0 aliphatic rings. The fourth-order valence-corrected chi connectivity index (χ4v) is 3.16. The van der Waals surface area contributed by atoms with Crippen LogP contribution in [-0.2, 0) is 0 Å². The van der Waals surface area contributed by atoms with E-state index in [2.05, 4.69) is 38.8 Å². The van der Waals surface area contributed by atoms with Crippen LogP contribution in [0.15, 0.2) is 46.9 Å². The molecule has 0 atom stereocenters. The molecule has 0 aliphatic carbocycles. The Bertz CT molecular complexity index is 889. The van der Waals surface area contributed by atoms with Crippen molar-refractivity contribution in [3.8, 4) is 5.75 Å². The fraction of sp³-hybridized carbons (Fsp3) is 0.286. The number of amides is 2. The Balaban J connectivity index is 2.02. The molecule has 6 nitrogen and oxygen atoms in total. The van der Waals surface area contributed by atoms with E-state index in [9.17, 15) is 9.59 Å². The van der Waals surface area contributed by atoms with E-state index >= 15 is 0 Å². The Hall–Kier alpha value is -2.45. The van der Waals surface area contributed by atoms with Gasteiger partial charge in [0, 0.05) is 12.1 Å². The zero-order valence-corrected chi connectivity index (χ0v) is 18.8. The van der Waals surface area contributed by atoms with Gasteiger partial charge < -0.3 is 15.4 Å². The highest BCUT2D eigenvalue weighted by atomic mass is 79.9. The molecule has 0 aromatic heterocycles. The predicted octanol–water partition coefficient (Wildman–Crippen LogP) is 4.50. The van der Waals surface area contributed by atoms with Crippen LogP contribution in [0.2, 0.25) is 0 Å². The molecule has 0 radical (unpaired) electrons. The van der Waals surface area contributed by atoms with E-state index in [0.29, 0.717) is 40.2 Å². The van der Waals surface area contributed by atoms with Gasteiger partial charge in [-0.15, -0.1) is 0 Å². The zero-order valence-electron chi connectivity index (χ0n) is 16.4. The number of benzene rings is 2. The molecule has 0 saturated heterocycles. The van der Waals surface area contributed by atoms with Crippen LogP contribution in [0.1, 0.15) is 47.4 Å². The van der Waals surface area contributed by atoms with Crippen molar-refractivity contribution < 1.29 is 14.3 Å². The molecule has 0 aliphatic heterocycles. The van der Waals surface area contributed by atoms with Gasteiger partial charge in [-0.05, 0) is 71.8 Å². The van der Waals surface area contributed by atoms with Crippen molar-refractivity contribution in [3.05, 3.63) is 58.1 Å². The Labute approximate surface area is 184 Å². The van der Waals surface area contributed by atoms with Gasteiger partial charge in [0.15, 0.2) is 5.11 Å². The number of carbonyl (C=O) groups is 2. The van der Waals surface area contributed by atoms with Crippen molar-refractivity contribution in [1.29, 1.82) is 0 Å². The number of anilines is 1. The second kappa shape index (κ2) is 11.5. The van der Waals surface area contributed by atoms with Crippen molar-refractivity contribution in [1.82, 2.24) is 10.6 Å². The normalized spacial score (nSPS) is 10.2. The minimum atomic E-state index is -0.362. The summed E-state index contributed by atoms with van der Waals surface area (Å²) in [7, 11) is 0. The third-order valence-electron chi connectivity index (χ3n) is 3.93. The Morgan fingerprint density at radius 3 is 2.55 bits per heavy atom. The Morgan fingerprint density at radius 1 is 1.10 bits per heavy atom. The van der Waals surface area contributed by atoms with Crippen LogP contribution in [0.25, 0.3) is 0 Å². The number of carbonyl (C=O) groups excluding carboxylic acids is 2. The highest BCUT2D eigenvalue weighted by Gasteiger charge is 2.14. The van der Waals surface area contributed by atoms with Gasteiger partial charge in [-0.2, -0.15) is 0 Å².